The fourth-order valence-electron chi connectivity index (χ4n) is 1.84. The molecule has 1 nitrogen and oxygen atoms in total. The van der Waals surface area contributed by atoms with Crippen LogP contribution in [0.1, 0.15) is 32.3 Å². The van der Waals surface area contributed by atoms with Gasteiger partial charge < -0.3 is 5.32 Å². The number of benzene rings is 1. The molecule has 0 spiro atoms. The molecule has 0 bridgehead atoms. The fraction of sp³-hybridized carbons (Fsp3) is 0.571. The van der Waals surface area contributed by atoms with Crippen LogP contribution in [0, 0.1) is 11.7 Å². The second-order valence-electron chi connectivity index (χ2n) is 4.43. The second-order valence-corrected chi connectivity index (χ2v) is 5.29. The minimum atomic E-state index is -0.189. The van der Waals surface area contributed by atoms with Crippen molar-refractivity contribution in [3.63, 3.8) is 0 Å². The maximum absolute atomic E-state index is 13.1. The first-order valence-electron chi connectivity index (χ1n) is 6.32. The number of hydrogen-bond donors (Lipinski definition) is 1. The summed E-state index contributed by atoms with van der Waals surface area (Å²) in [5.41, 5.74) is 1.20. The van der Waals surface area contributed by atoms with Crippen LogP contribution in [0.3, 0.4) is 0 Å². The van der Waals surface area contributed by atoms with E-state index in [0.717, 1.165) is 25.9 Å². The first-order chi connectivity index (χ1) is 8.17. The molecule has 1 rings (SSSR count). The zero-order valence-electron chi connectivity index (χ0n) is 10.6. The molecule has 0 saturated carbocycles. The maximum atomic E-state index is 13.1. The van der Waals surface area contributed by atoms with E-state index in [4.69, 9.17) is 0 Å². The van der Waals surface area contributed by atoms with Gasteiger partial charge in [-0.1, -0.05) is 26.3 Å². The molecule has 1 N–H and O–H groups in total. The minimum absolute atomic E-state index is 0.189. The third-order valence-electron chi connectivity index (χ3n) is 2.95. The highest BCUT2D eigenvalue weighted by Gasteiger charge is 2.08. The average Bonchev–Trinajstić information content (AvgIpc) is 2.32. The van der Waals surface area contributed by atoms with Gasteiger partial charge in [0, 0.05) is 0 Å². The van der Waals surface area contributed by atoms with Crippen LogP contribution in [0.15, 0.2) is 22.7 Å². The molecule has 1 atom stereocenters. The van der Waals surface area contributed by atoms with Crippen molar-refractivity contribution in [1.82, 2.24) is 5.32 Å². The van der Waals surface area contributed by atoms with Crippen molar-refractivity contribution < 1.29 is 4.39 Å². The average molecular weight is 302 g/mol. The summed E-state index contributed by atoms with van der Waals surface area (Å²) in [7, 11) is 0. The predicted molar refractivity (Wildman–Crippen MR) is 74.7 cm³/mol. The number of halogens is 2. The summed E-state index contributed by atoms with van der Waals surface area (Å²) in [6.45, 7) is 6.49. The van der Waals surface area contributed by atoms with E-state index >= 15 is 0 Å². The van der Waals surface area contributed by atoms with E-state index in [1.165, 1.54) is 18.1 Å². The van der Waals surface area contributed by atoms with Crippen molar-refractivity contribution in [2.24, 2.45) is 5.92 Å². The number of nitrogens with one attached hydrogen (secondary N) is 1. The molecular weight excluding hydrogens is 281 g/mol. The Kier molecular flexibility index (Phi) is 6.75. The Morgan fingerprint density at radius 1 is 1.35 bits per heavy atom. The third kappa shape index (κ3) is 5.17. The molecule has 0 amide bonds. The van der Waals surface area contributed by atoms with Gasteiger partial charge in [0.15, 0.2) is 0 Å². The summed E-state index contributed by atoms with van der Waals surface area (Å²) in [5, 5.41) is 3.45. The molecule has 1 aromatic rings. The molecule has 1 aromatic carbocycles. The molecule has 0 heterocycles. The van der Waals surface area contributed by atoms with Crippen molar-refractivity contribution in [1.29, 1.82) is 0 Å². The van der Waals surface area contributed by atoms with Gasteiger partial charge in [-0.25, -0.2) is 4.39 Å². The zero-order chi connectivity index (χ0) is 12.7. The van der Waals surface area contributed by atoms with Crippen molar-refractivity contribution in [3.05, 3.63) is 34.1 Å². The van der Waals surface area contributed by atoms with Crippen molar-refractivity contribution in [2.45, 2.75) is 33.1 Å². The van der Waals surface area contributed by atoms with Crippen LogP contribution in [0.5, 0.6) is 0 Å². The van der Waals surface area contributed by atoms with Gasteiger partial charge in [-0.3, -0.25) is 0 Å². The maximum Gasteiger partial charge on any atom is 0.137 e. The highest BCUT2D eigenvalue weighted by atomic mass is 79.9. The van der Waals surface area contributed by atoms with Crippen LogP contribution in [-0.4, -0.2) is 13.1 Å². The van der Waals surface area contributed by atoms with Crippen molar-refractivity contribution >= 4 is 15.9 Å². The first-order valence-corrected chi connectivity index (χ1v) is 7.11. The standard InChI is InChI=1S/C14H21BrFN/c1-3-7-17-10-11(4-2)8-12-5-6-14(16)13(15)9-12/h5-6,9,11,17H,3-4,7-8,10H2,1-2H3. The fourth-order valence-corrected chi connectivity index (χ4v) is 2.27. The van der Waals surface area contributed by atoms with Gasteiger partial charge in [-0.05, 0) is 65.5 Å². The Hall–Kier alpha value is -0.410. The van der Waals surface area contributed by atoms with Gasteiger partial charge >= 0.3 is 0 Å². The lowest BCUT2D eigenvalue weighted by Crippen LogP contribution is -2.24. The van der Waals surface area contributed by atoms with Gasteiger partial charge in [-0.2, -0.15) is 0 Å². The normalized spacial score (nSPS) is 12.7. The van der Waals surface area contributed by atoms with Crippen LogP contribution in [-0.2, 0) is 6.42 Å². The third-order valence-corrected chi connectivity index (χ3v) is 3.55. The van der Waals surface area contributed by atoms with Gasteiger partial charge in [0.05, 0.1) is 4.47 Å². The molecule has 96 valence electrons. The Bertz CT molecular complexity index is 341. The summed E-state index contributed by atoms with van der Waals surface area (Å²) in [5.74, 6) is 0.435. The Morgan fingerprint density at radius 3 is 2.71 bits per heavy atom. The first kappa shape index (κ1) is 14.7. The molecule has 1 unspecified atom stereocenters. The monoisotopic (exact) mass is 301 g/mol. The molecular formula is C14H21BrFN. The van der Waals surface area contributed by atoms with Crippen molar-refractivity contribution in [2.75, 3.05) is 13.1 Å². The van der Waals surface area contributed by atoms with E-state index in [1.54, 1.807) is 0 Å². The molecule has 0 aliphatic rings. The topological polar surface area (TPSA) is 12.0 Å². The smallest absolute Gasteiger partial charge is 0.137 e. The summed E-state index contributed by atoms with van der Waals surface area (Å²) in [6.07, 6.45) is 3.32. The van der Waals surface area contributed by atoms with Crippen LogP contribution in [0.25, 0.3) is 0 Å². The largest absolute Gasteiger partial charge is 0.316 e. The highest BCUT2D eigenvalue weighted by molar-refractivity contribution is 9.10. The van der Waals surface area contributed by atoms with Gasteiger partial charge in [0.2, 0.25) is 0 Å². The van der Waals surface area contributed by atoms with Gasteiger partial charge in [0.25, 0.3) is 0 Å². The van der Waals surface area contributed by atoms with E-state index in [0.29, 0.717) is 10.4 Å². The van der Waals surface area contributed by atoms with Crippen LogP contribution < -0.4 is 5.32 Å². The molecule has 0 aromatic heterocycles. The molecule has 17 heavy (non-hydrogen) atoms. The van der Waals surface area contributed by atoms with Crippen molar-refractivity contribution in [3.8, 4) is 0 Å². The van der Waals surface area contributed by atoms with Crippen LogP contribution in [0.2, 0.25) is 0 Å². The zero-order valence-corrected chi connectivity index (χ0v) is 12.2. The Balaban J connectivity index is 2.51. The van der Waals surface area contributed by atoms with E-state index in [1.807, 2.05) is 12.1 Å². The van der Waals surface area contributed by atoms with Gasteiger partial charge in [0.1, 0.15) is 5.82 Å². The van der Waals surface area contributed by atoms with Crippen LogP contribution in [0.4, 0.5) is 4.39 Å². The SMILES string of the molecule is CCCNCC(CC)Cc1ccc(F)c(Br)c1. The molecule has 0 aliphatic carbocycles. The second kappa shape index (κ2) is 7.83. The lowest BCUT2D eigenvalue weighted by atomic mass is 9.97. The van der Waals surface area contributed by atoms with Gasteiger partial charge in [-0.15, -0.1) is 0 Å². The summed E-state index contributed by atoms with van der Waals surface area (Å²) in [4.78, 5) is 0. The van der Waals surface area contributed by atoms with E-state index < -0.39 is 0 Å². The summed E-state index contributed by atoms with van der Waals surface area (Å²) >= 11 is 3.23. The Morgan fingerprint density at radius 2 is 2.12 bits per heavy atom. The number of rotatable bonds is 7. The highest BCUT2D eigenvalue weighted by Crippen LogP contribution is 2.19. The lowest BCUT2D eigenvalue weighted by molar-refractivity contribution is 0.460. The lowest BCUT2D eigenvalue weighted by Gasteiger charge is -2.15. The molecule has 0 aliphatic heterocycles. The van der Waals surface area contributed by atoms with Crippen LogP contribution >= 0.6 is 15.9 Å². The summed E-state index contributed by atoms with van der Waals surface area (Å²) < 4.78 is 13.7. The van der Waals surface area contributed by atoms with E-state index in [9.17, 15) is 4.39 Å². The molecule has 0 fully saturated rings. The predicted octanol–water partition coefficient (Wildman–Crippen LogP) is 4.16. The Labute approximate surface area is 112 Å². The molecule has 0 saturated heterocycles. The molecule has 3 heteroatoms. The summed E-state index contributed by atoms with van der Waals surface area (Å²) in [6, 6.07) is 5.30. The van der Waals surface area contributed by atoms with E-state index in [2.05, 4.69) is 35.1 Å². The number of hydrogen-bond acceptors (Lipinski definition) is 1. The molecule has 0 radical (unpaired) electrons. The minimum Gasteiger partial charge on any atom is -0.316 e. The quantitative estimate of drug-likeness (QED) is 0.746. The van der Waals surface area contributed by atoms with E-state index in [-0.39, 0.29) is 5.82 Å².